The van der Waals surface area contributed by atoms with Crippen LogP contribution in [0.25, 0.3) is 10.9 Å². The average molecular weight is 317 g/mol. The fraction of sp³-hybridized carbons (Fsp3) is 0.211. The Kier molecular flexibility index (Phi) is 3.83. The summed E-state index contributed by atoms with van der Waals surface area (Å²) in [6.45, 7) is 2.85. The molecule has 4 aromatic rings. The van der Waals surface area contributed by atoms with Crippen molar-refractivity contribution in [3.8, 4) is 0 Å². The molecule has 5 nitrogen and oxygen atoms in total. The first kappa shape index (κ1) is 14.6. The molecule has 5 heteroatoms. The van der Waals surface area contributed by atoms with Gasteiger partial charge in [-0.3, -0.25) is 4.98 Å². The van der Waals surface area contributed by atoms with Gasteiger partial charge in [-0.2, -0.15) is 0 Å². The van der Waals surface area contributed by atoms with Crippen LogP contribution in [0.2, 0.25) is 0 Å². The molecular formula is C19H19N5. The highest BCUT2D eigenvalue weighted by molar-refractivity contribution is 5.79. The van der Waals surface area contributed by atoms with Crippen molar-refractivity contribution in [2.75, 3.05) is 0 Å². The molecule has 0 aliphatic heterocycles. The Bertz CT molecular complexity index is 938. The molecule has 1 atom stereocenters. The predicted octanol–water partition coefficient (Wildman–Crippen LogP) is 3.68. The van der Waals surface area contributed by atoms with E-state index < -0.39 is 0 Å². The monoisotopic (exact) mass is 317 g/mol. The van der Waals surface area contributed by atoms with Gasteiger partial charge in [-0.15, -0.1) is 5.10 Å². The van der Waals surface area contributed by atoms with Gasteiger partial charge in [0.2, 0.25) is 0 Å². The van der Waals surface area contributed by atoms with E-state index in [0.717, 1.165) is 17.8 Å². The molecule has 1 aromatic carbocycles. The average Bonchev–Trinajstić information content (AvgIpc) is 3.25. The lowest BCUT2D eigenvalue weighted by Crippen LogP contribution is -2.11. The summed E-state index contributed by atoms with van der Waals surface area (Å²) in [7, 11) is 0. The highest BCUT2D eigenvalue weighted by atomic mass is 15.4. The normalized spacial score (nSPS) is 12.5. The molecule has 3 aromatic heterocycles. The molecule has 0 saturated carbocycles. The first-order chi connectivity index (χ1) is 11.8. The van der Waals surface area contributed by atoms with E-state index in [9.17, 15) is 0 Å². The van der Waals surface area contributed by atoms with E-state index in [1.807, 2.05) is 35.3 Å². The van der Waals surface area contributed by atoms with Gasteiger partial charge >= 0.3 is 0 Å². The minimum atomic E-state index is 0.119. The molecule has 0 aliphatic carbocycles. The van der Waals surface area contributed by atoms with Crippen molar-refractivity contribution < 1.29 is 0 Å². The van der Waals surface area contributed by atoms with Crippen LogP contribution in [0.4, 0.5) is 0 Å². The van der Waals surface area contributed by atoms with Crippen molar-refractivity contribution in [1.82, 2.24) is 24.5 Å². The Labute approximate surface area is 140 Å². The van der Waals surface area contributed by atoms with Gasteiger partial charge in [-0.05, 0) is 36.1 Å². The van der Waals surface area contributed by atoms with Gasteiger partial charge in [0.1, 0.15) is 5.69 Å². The largest absolute Gasteiger partial charge is 0.341 e. The van der Waals surface area contributed by atoms with Gasteiger partial charge in [-0.25, -0.2) is 4.68 Å². The van der Waals surface area contributed by atoms with Crippen LogP contribution in [0.5, 0.6) is 0 Å². The lowest BCUT2D eigenvalue weighted by atomic mass is 10.1. The first-order valence-corrected chi connectivity index (χ1v) is 8.20. The molecule has 0 aliphatic rings. The highest BCUT2D eigenvalue weighted by Crippen LogP contribution is 2.20. The van der Waals surface area contributed by atoms with Crippen molar-refractivity contribution in [2.24, 2.45) is 0 Å². The van der Waals surface area contributed by atoms with E-state index in [-0.39, 0.29) is 6.04 Å². The molecule has 120 valence electrons. The Morgan fingerprint density at radius 1 is 1.04 bits per heavy atom. The second kappa shape index (κ2) is 6.28. The van der Waals surface area contributed by atoms with Crippen molar-refractivity contribution in [3.05, 3.63) is 78.5 Å². The third-order valence-electron chi connectivity index (χ3n) is 4.31. The highest BCUT2D eigenvalue weighted by Gasteiger charge is 2.15. The van der Waals surface area contributed by atoms with Crippen LogP contribution in [0, 0.1) is 0 Å². The van der Waals surface area contributed by atoms with Crippen LogP contribution in [0.15, 0.2) is 67.1 Å². The Morgan fingerprint density at radius 2 is 1.92 bits per heavy atom. The molecule has 24 heavy (non-hydrogen) atoms. The minimum Gasteiger partial charge on any atom is -0.341 e. The van der Waals surface area contributed by atoms with E-state index >= 15 is 0 Å². The van der Waals surface area contributed by atoms with Gasteiger partial charge in [-0.1, -0.05) is 36.4 Å². The third-order valence-corrected chi connectivity index (χ3v) is 4.31. The Balaban J connectivity index is 1.60. The maximum atomic E-state index is 4.46. The number of nitrogens with zero attached hydrogens (tertiary/aromatic N) is 5. The Morgan fingerprint density at radius 3 is 2.75 bits per heavy atom. The number of hydrogen-bond donors (Lipinski definition) is 0. The van der Waals surface area contributed by atoms with E-state index in [2.05, 4.69) is 63.3 Å². The summed E-state index contributed by atoms with van der Waals surface area (Å²) >= 11 is 0. The molecule has 0 bridgehead atoms. The number of benzene rings is 1. The lowest BCUT2D eigenvalue weighted by molar-refractivity contribution is 0.483. The number of pyridine rings is 1. The molecule has 0 fully saturated rings. The van der Waals surface area contributed by atoms with Crippen molar-refractivity contribution >= 4 is 10.9 Å². The van der Waals surface area contributed by atoms with Crippen molar-refractivity contribution in [1.29, 1.82) is 0 Å². The fourth-order valence-electron chi connectivity index (χ4n) is 3.10. The molecular weight excluding hydrogens is 298 g/mol. The summed E-state index contributed by atoms with van der Waals surface area (Å²) in [6, 6.07) is 16.6. The maximum absolute atomic E-state index is 4.46. The maximum Gasteiger partial charge on any atom is 0.102 e. The zero-order valence-electron chi connectivity index (χ0n) is 13.6. The number of aromatic nitrogens is 5. The number of para-hydroxylation sites is 1. The molecule has 0 spiro atoms. The van der Waals surface area contributed by atoms with Crippen LogP contribution in [0.1, 0.15) is 30.8 Å². The molecule has 0 unspecified atom stereocenters. The summed E-state index contributed by atoms with van der Waals surface area (Å²) < 4.78 is 4.12. The van der Waals surface area contributed by atoms with E-state index in [1.54, 1.807) is 0 Å². The molecule has 4 rings (SSSR count). The number of rotatable bonds is 5. The second-order valence-electron chi connectivity index (χ2n) is 5.87. The quantitative estimate of drug-likeness (QED) is 0.564. The molecule has 0 saturated heterocycles. The topological polar surface area (TPSA) is 48.5 Å². The van der Waals surface area contributed by atoms with Gasteiger partial charge < -0.3 is 4.57 Å². The van der Waals surface area contributed by atoms with Gasteiger partial charge in [0.15, 0.2) is 0 Å². The molecule has 0 radical (unpaired) electrons. The van der Waals surface area contributed by atoms with E-state index in [4.69, 9.17) is 0 Å². The van der Waals surface area contributed by atoms with Crippen LogP contribution in [-0.4, -0.2) is 24.5 Å². The summed E-state index contributed by atoms with van der Waals surface area (Å²) in [4.78, 5) is 4.46. The van der Waals surface area contributed by atoms with Crippen LogP contribution >= 0.6 is 0 Å². The van der Waals surface area contributed by atoms with E-state index in [1.165, 1.54) is 10.9 Å². The molecule has 3 heterocycles. The van der Waals surface area contributed by atoms with Gasteiger partial charge in [0.25, 0.3) is 0 Å². The van der Waals surface area contributed by atoms with Crippen LogP contribution in [0.3, 0.4) is 0 Å². The standard InChI is InChI=1S/C19H19N5/c1-2-18(17-8-5-6-11-20-17)24-14-16(21-22-24)13-23-12-10-15-7-3-4-9-19(15)23/h3-12,14,18H,2,13H2,1H3/t18-/m0/s1. The fourth-order valence-corrected chi connectivity index (χ4v) is 3.10. The summed E-state index contributed by atoms with van der Waals surface area (Å²) in [5.41, 5.74) is 3.18. The summed E-state index contributed by atoms with van der Waals surface area (Å²) in [5.74, 6) is 0. The summed E-state index contributed by atoms with van der Waals surface area (Å²) in [5, 5.41) is 9.93. The number of fused-ring (bicyclic) bond motifs is 1. The van der Waals surface area contributed by atoms with E-state index in [0.29, 0.717) is 6.54 Å². The Hall–Kier alpha value is -2.95. The minimum absolute atomic E-state index is 0.119. The van der Waals surface area contributed by atoms with Gasteiger partial charge in [0, 0.05) is 17.9 Å². The number of hydrogen-bond acceptors (Lipinski definition) is 3. The molecule has 0 N–H and O–H groups in total. The zero-order valence-corrected chi connectivity index (χ0v) is 13.6. The zero-order chi connectivity index (χ0) is 16.4. The van der Waals surface area contributed by atoms with Crippen LogP contribution in [-0.2, 0) is 6.54 Å². The molecule has 0 amide bonds. The first-order valence-electron chi connectivity index (χ1n) is 8.20. The lowest BCUT2D eigenvalue weighted by Gasteiger charge is -2.13. The third kappa shape index (κ3) is 2.69. The van der Waals surface area contributed by atoms with Crippen molar-refractivity contribution in [3.63, 3.8) is 0 Å². The SMILES string of the molecule is CC[C@@H](c1ccccn1)n1cc(Cn2ccc3ccccc32)nn1. The smallest absolute Gasteiger partial charge is 0.102 e. The van der Waals surface area contributed by atoms with Crippen LogP contribution < -0.4 is 0 Å². The van der Waals surface area contributed by atoms with Gasteiger partial charge in [0.05, 0.1) is 24.5 Å². The summed E-state index contributed by atoms with van der Waals surface area (Å²) in [6.07, 6.45) is 6.87. The predicted molar refractivity (Wildman–Crippen MR) is 93.7 cm³/mol. The second-order valence-corrected chi connectivity index (χ2v) is 5.87. The van der Waals surface area contributed by atoms with Crippen molar-refractivity contribution in [2.45, 2.75) is 25.9 Å².